The number of carbonyl (C=O) groups is 1. The summed E-state index contributed by atoms with van der Waals surface area (Å²) in [5, 5.41) is 8.30. The zero-order valence-corrected chi connectivity index (χ0v) is 10.6. The molecule has 0 aliphatic carbocycles. The third kappa shape index (κ3) is 2.23. The standard InChI is InChI=1S/C13H7F3N2O3/c1-2-21-13(20)7-4-18(5-17)11-6(12(7)19)3-8(14)9(15)10(11)16/h3-4H,2H2,1H3. The third-order valence-corrected chi connectivity index (χ3v) is 2.73. The van der Waals surface area contributed by atoms with Crippen LogP contribution >= 0.6 is 0 Å². The van der Waals surface area contributed by atoms with Crippen LogP contribution in [0.5, 0.6) is 0 Å². The summed E-state index contributed by atoms with van der Waals surface area (Å²) in [6.45, 7) is 1.46. The predicted octanol–water partition coefficient (Wildman–Crippen LogP) is 1.92. The van der Waals surface area contributed by atoms with Crippen molar-refractivity contribution >= 4 is 16.9 Å². The Labute approximate surface area is 115 Å². The van der Waals surface area contributed by atoms with Crippen molar-refractivity contribution in [3.05, 3.63) is 45.5 Å². The SMILES string of the molecule is CCOC(=O)c1cn(C#N)c2c(F)c(F)c(F)cc2c1=O. The molecule has 0 aliphatic rings. The minimum Gasteiger partial charge on any atom is -0.462 e. The summed E-state index contributed by atoms with van der Waals surface area (Å²) >= 11 is 0. The topological polar surface area (TPSA) is 72.1 Å². The summed E-state index contributed by atoms with van der Waals surface area (Å²) in [4.78, 5) is 23.7. The molecule has 0 bridgehead atoms. The minimum atomic E-state index is -1.81. The van der Waals surface area contributed by atoms with Crippen molar-refractivity contribution in [1.82, 2.24) is 4.57 Å². The van der Waals surface area contributed by atoms with Gasteiger partial charge in [-0.15, -0.1) is 0 Å². The van der Waals surface area contributed by atoms with E-state index in [2.05, 4.69) is 4.74 Å². The van der Waals surface area contributed by atoms with E-state index in [1.54, 1.807) is 0 Å². The van der Waals surface area contributed by atoms with Crippen LogP contribution in [0.3, 0.4) is 0 Å². The highest BCUT2D eigenvalue weighted by molar-refractivity contribution is 5.94. The Bertz CT molecular complexity index is 853. The molecule has 21 heavy (non-hydrogen) atoms. The molecule has 0 fully saturated rings. The fourth-order valence-corrected chi connectivity index (χ4v) is 1.82. The van der Waals surface area contributed by atoms with E-state index < -0.39 is 45.3 Å². The quantitative estimate of drug-likeness (QED) is 0.627. The Morgan fingerprint density at radius 3 is 2.62 bits per heavy atom. The number of rotatable bonds is 2. The Kier molecular flexibility index (Phi) is 3.67. The van der Waals surface area contributed by atoms with Gasteiger partial charge >= 0.3 is 5.97 Å². The van der Waals surface area contributed by atoms with Crippen LogP contribution < -0.4 is 5.43 Å². The van der Waals surface area contributed by atoms with Crippen molar-refractivity contribution in [2.75, 3.05) is 6.61 Å². The summed E-state index contributed by atoms with van der Waals surface area (Å²) in [5.41, 5.74) is -2.36. The molecule has 1 aromatic carbocycles. The highest BCUT2D eigenvalue weighted by atomic mass is 19.2. The molecule has 2 aromatic rings. The van der Waals surface area contributed by atoms with Crippen molar-refractivity contribution in [3.8, 4) is 6.19 Å². The van der Waals surface area contributed by atoms with Gasteiger partial charge in [-0.25, -0.2) is 18.0 Å². The van der Waals surface area contributed by atoms with E-state index in [-0.39, 0.29) is 6.61 Å². The van der Waals surface area contributed by atoms with Crippen molar-refractivity contribution in [3.63, 3.8) is 0 Å². The number of nitriles is 1. The summed E-state index contributed by atoms with van der Waals surface area (Å²) in [5.74, 6) is -6.13. The fourth-order valence-electron chi connectivity index (χ4n) is 1.82. The van der Waals surface area contributed by atoms with Crippen LogP contribution in [-0.4, -0.2) is 17.1 Å². The summed E-state index contributed by atoms with van der Waals surface area (Å²) in [7, 11) is 0. The zero-order valence-electron chi connectivity index (χ0n) is 10.6. The van der Waals surface area contributed by atoms with Gasteiger partial charge in [0.15, 0.2) is 23.6 Å². The van der Waals surface area contributed by atoms with Gasteiger partial charge in [0.05, 0.1) is 12.0 Å². The predicted molar refractivity (Wildman–Crippen MR) is 65.0 cm³/mol. The Balaban J connectivity index is 2.95. The van der Waals surface area contributed by atoms with Gasteiger partial charge in [0.1, 0.15) is 11.1 Å². The van der Waals surface area contributed by atoms with Gasteiger partial charge in [-0.3, -0.25) is 9.36 Å². The highest BCUT2D eigenvalue weighted by Crippen LogP contribution is 2.21. The van der Waals surface area contributed by atoms with Crippen LogP contribution in [0.2, 0.25) is 0 Å². The minimum absolute atomic E-state index is 0.0327. The Hall–Kier alpha value is -2.82. The Morgan fingerprint density at radius 2 is 2.05 bits per heavy atom. The van der Waals surface area contributed by atoms with Crippen LogP contribution in [0.15, 0.2) is 17.1 Å². The second-order valence-electron chi connectivity index (χ2n) is 3.94. The normalized spacial score (nSPS) is 10.4. The number of nitrogens with zero attached hydrogens (tertiary/aromatic N) is 2. The van der Waals surface area contributed by atoms with Gasteiger partial charge in [0.2, 0.25) is 5.43 Å². The maximum atomic E-state index is 13.7. The molecule has 0 saturated heterocycles. The average Bonchev–Trinajstić information content (AvgIpc) is 2.46. The third-order valence-electron chi connectivity index (χ3n) is 2.73. The van der Waals surface area contributed by atoms with Crippen molar-refractivity contribution in [2.45, 2.75) is 6.92 Å². The number of aromatic nitrogens is 1. The van der Waals surface area contributed by atoms with Gasteiger partial charge in [0, 0.05) is 6.20 Å². The second-order valence-corrected chi connectivity index (χ2v) is 3.94. The summed E-state index contributed by atoms with van der Waals surface area (Å²) in [6.07, 6.45) is 2.19. The number of halogens is 3. The summed E-state index contributed by atoms with van der Waals surface area (Å²) in [6, 6.07) is 0.437. The first-order chi connectivity index (χ1) is 9.92. The number of hydrogen-bond donors (Lipinski definition) is 0. The van der Waals surface area contributed by atoms with E-state index in [1.165, 1.54) is 13.1 Å². The lowest BCUT2D eigenvalue weighted by Crippen LogP contribution is -2.21. The van der Waals surface area contributed by atoms with Crippen LogP contribution in [0, 0.1) is 28.9 Å². The van der Waals surface area contributed by atoms with Crippen molar-refractivity contribution in [1.29, 1.82) is 5.26 Å². The monoisotopic (exact) mass is 296 g/mol. The molecule has 2 rings (SSSR count). The van der Waals surface area contributed by atoms with Crippen molar-refractivity contribution < 1.29 is 22.7 Å². The fraction of sp³-hybridized carbons (Fsp3) is 0.154. The van der Waals surface area contributed by atoms with E-state index in [1.807, 2.05) is 0 Å². The first-order valence-corrected chi connectivity index (χ1v) is 5.72. The van der Waals surface area contributed by atoms with Crippen molar-refractivity contribution in [2.24, 2.45) is 0 Å². The number of ether oxygens (including phenoxy) is 1. The molecule has 1 aromatic heterocycles. The summed E-state index contributed by atoms with van der Waals surface area (Å²) < 4.78 is 45.3. The first kappa shape index (κ1) is 14.6. The lowest BCUT2D eigenvalue weighted by atomic mass is 10.1. The largest absolute Gasteiger partial charge is 0.462 e. The van der Waals surface area contributed by atoms with E-state index in [0.717, 1.165) is 6.20 Å². The highest BCUT2D eigenvalue weighted by Gasteiger charge is 2.22. The molecule has 8 heteroatoms. The molecule has 0 radical (unpaired) electrons. The number of carbonyl (C=O) groups excluding carboxylic acids is 1. The van der Waals surface area contributed by atoms with Gasteiger partial charge < -0.3 is 4.74 Å². The maximum absolute atomic E-state index is 13.7. The lowest BCUT2D eigenvalue weighted by molar-refractivity contribution is 0.0524. The number of fused-ring (bicyclic) bond motifs is 1. The molecule has 0 unspecified atom stereocenters. The number of hydrogen-bond acceptors (Lipinski definition) is 4. The van der Waals surface area contributed by atoms with E-state index >= 15 is 0 Å². The average molecular weight is 296 g/mol. The molecular weight excluding hydrogens is 289 g/mol. The van der Waals surface area contributed by atoms with Gasteiger partial charge in [-0.2, -0.15) is 5.26 Å². The van der Waals surface area contributed by atoms with Gasteiger partial charge in [-0.05, 0) is 13.0 Å². The van der Waals surface area contributed by atoms with Gasteiger partial charge in [-0.1, -0.05) is 0 Å². The molecule has 0 N–H and O–H groups in total. The molecule has 0 atom stereocenters. The second kappa shape index (κ2) is 5.28. The van der Waals surface area contributed by atoms with Crippen LogP contribution in [-0.2, 0) is 4.74 Å². The molecule has 5 nitrogen and oxygen atoms in total. The van der Waals surface area contributed by atoms with E-state index in [4.69, 9.17) is 5.26 Å². The molecule has 0 saturated carbocycles. The number of benzene rings is 1. The molecule has 0 amide bonds. The molecular formula is C13H7F3N2O3. The van der Waals surface area contributed by atoms with E-state index in [9.17, 15) is 22.8 Å². The smallest absolute Gasteiger partial charge is 0.343 e. The zero-order chi connectivity index (χ0) is 15.7. The molecule has 108 valence electrons. The molecule has 0 aliphatic heterocycles. The molecule has 0 spiro atoms. The Morgan fingerprint density at radius 1 is 1.38 bits per heavy atom. The van der Waals surface area contributed by atoms with Crippen LogP contribution in [0.4, 0.5) is 13.2 Å². The van der Waals surface area contributed by atoms with E-state index in [0.29, 0.717) is 10.6 Å². The van der Waals surface area contributed by atoms with Crippen LogP contribution in [0.1, 0.15) is 17.3 Å². The first-order valence-electron chi connectivity index (χ1n) is 5.72. The van der Waals surface area contributed by atoms with Crippen LogP contribution in [0.25, 0.3) is 10.9 Å². The maximum Gasteiger partial charge on any atom is 0.343 e. The molecule has 1 heterocycles. The van der Waals surface area contributed by atoms with Gasteiger partial charge in [0.25, 0.3) is 0 Å². The lowest BCUT2D eigenvalue weighted by Gasteiger charge is -2.08. The number of pyridine rings is 1. The number of esters is 1.